The zero-order chi connectivity index (χ0) is 42.5. The number of alkyl halides is 6. The van der Waals surface area contributed by atoms with Gasteiger partial charge in [-0.05, 0) is 73.5 Å². The minimum atomic E-state index is -4.43. The van der Waals surface area contributed by atoms with Crippen molar-refractivity contribution in [2.75, 3.05) is 50.2 Å². The number of hydrogen-bond acceptors (Lipinski definition) is 9. The van der Waals surface area contributed by atoms with Crippen LogP contribution in [-0.4, -0.2) is 72.1 Å². The van der Waals surface area contributed by atoms with Gasteiger partial charge in [0, 0.05) is 74.8 Å². The molecule has 2 aromatic carbocycles. The summed E-state index contributed by atoms with van der Waals surface area (Å²) in [6, 6.07) is 17.0. The molecule has 0 aliphatic carbocycles. The number of pyridine rings is 4. The highest BCUT2D eigenvalue weighted by atomic mass is 19.4. The van der Waals surface area contributed by atoms with E-state index in [0.717, 1.165) is 59.5 Å². The molecule has 0 atom stereocenters. The van der Waals surface area contributed by atoms with Crippen LogP contribution in [-0.2, 0) is 30.2 Å². The average Bonchev–Trinajstić information content (AvgIpc) is 3.21. The van der Waals surface area contributed by atoms with Gasteiger partial charge in [0.1, 0.15) is 0 Å². The van der Waals surface area contributed by atoms with Crippen LogP contribution in [0, 0.1) is 13.8 Å². The van der Waals surface area contributed by atoms with E-state index in [1.807, 2.05) is 31.1 Å². The van der Waals surface area contributed by atoms with Crippen molar-refractivity contribution in [3.8, 4) is 0 Å². The average molecular weight is 819 g/mol. The molecule has 0 saturated carbocycles. The Morgan fingerprint density at radius 1 is 0.695 bits per heavy atom. The van der Waals surface area contributed by atoms with Crippen molar-refractivity contribution in [3.05, 3.63) is 130 Å². The number of fused-ring (bicyclic) bond motifs is 2. The molecule has 308 valence electrons. The van der Waals surface area contributed by atoms with E-state index >= 15 is 0 Å². The first-order valence-electron chi connectivity index (χ1n) is 18.4. The molecule has 0 unspecified atom stereocenters. The minimum Gasteiger partial charge on any atom is -0.378 e. The molecule has 4 aromatic heterocycles. The molecule has 0 spiro atoms. The fourth-order valence-corrected chi connectivity index (χ4v) is 6.50. The van der Waals surface area contributed by atoms with Crippen molar-refractivity contribution in [1.29, 1.82) is 0 Å². The summed E-state index contributed by atoms with van der Waals surface area (Å²) in [6.45, 7) is 6.05. The number of benzene rings is 2. The fourth-order valence-electron chi connectivity index (χ4n) is 6.50. The molecular formula is C42H40F6N8O3. The van der Waals surface area contributed by atoms with E-state index in [-0.39, 0.29) is 13.1 Å². The Kier molecular flexibility index (Phi) is 12.6. The normalized spacial score (nSPS) is 13.2. The maximum atomic E-state index is 12.9. The second-order valence-corrected chi connectivity index (χ2v) is 13.9. The van der Waals surface area contributed by atoms with Gasteiger partial charge >= 0.3 is 12.4 Å². The molecule has 1 aliphatic heterocycles. The summed E-state index contributed by atoms with van der Waals surface area (Å²) in [6.07, 6.45) is -5.51. The van der Waals surface area contributed by atoms with Gasteiger partial charge in [0.15, 0.2) is 11.3 Å². The molecule has 2 N–H and O–H groups in total. The van der Waals surface area contributed by atoms with Gasteiger partial charge in [-0.2, -0.15) is 26.3 Å². The lowest BCUT2D eigenvalue weighted by Gasteiger charge is -2.29. The van der Waals surface area contributed by atoms with Gasteiger partial charge in [-0.1, -0.05) is 24.3 Å². The van der Waals surface area contributed by atoms with Crippen molar-refractivity contribution >= 4 is 45.3 Å². The summed E-state index contributed by atoms with van der Waals surface area (Å²) in [5, 5.41) is 6.84. The highest BCUT2D eigenvalue weighted by Crippen LogP contribution is 2.31. The third-order valence-electron chi connectivity index (χ3n) is 9.53. The predicted octanol–water partition coefficient (Wildman–Crippen LogP) is 7.68. The molecule has 0 radical (unpaired) electrons. The van der Waals surface area contributed by atoms with E-state index in [1.165, 1.54) is 18.2 Å². The Balaban J connectivity index is 0.000000199. The van der Waals surface area contributed by atoms with Gasteiger partial charge in [0.05, 0.1) is 46.9 Å². The molecule has 11 nitrogen and oxygen atoms in total. The van der Waals surface area contributed by atoms with E-state index in [9.17, 15) is 35.9 Å². The molecular weight excluding hydrogens is 779 g/mol. The lowest BCUT2D eigenvalue weighted by Crippen LogP contribution is -2.36. The second kappa shape index (κ2) is 17.6. The quantitative estimate of drug-likeness (QED) is 0.149. The molecule has 1 saturated heterocycles. The van der Waals surface area contributed by atoms with E-state index in [2.05, 4.69) is 35.5 Å². The molecule has 17 heteroatoms. The van der Waals surface area contributed by atoms with Crippen LogP contribution < -0.4 is 20.4 Å². The maximum absolute atomic E-state index is 12.9. The van der Waals surface area contributed by atoms with Gasteiger partial charge in [-0.15, -0.1) is 0 Å². The zero-order valence-electron chi connectivity index (χ0n) is 32.5. The largest absolute Gasteiger partial charge is 0.416 e. The molecule has 1 aliphatic rings. The van der Waals surface area contributed by atoms with Crippen molar-refractivity contribution < 1.29 is 40.7 Å². The number of morpholine rings is 1. The minimum absolute atomic E-state index is 0.0200. The Morgan fingerprint density at radius 2 is 1.17 bits per heavy atom. The van der Waals surface area contributed by atoms with Crippen LogP contribution >= 0.6 is 0 Å². The smallest absolute Gasteiger partial charge is 0.378 e. The number of hydrogen-bond donors (Lipinski definition) is 2. The first-order chi connectivity index (χ1) is 28.0. The molecule has 1 fully saturated rings. The second-order valence-electron chi connectivity index (χ2n) is 13.9. The monoisotopic (exact) mass is 818 g/mol. The van der Waals surface area contributed by atoms with E-state index in [4.69, 9.17) is 4.74 Å². The molecule has 0 bridgehead atoms. The summed E-state index contributed by atoms with van der Waals surface area (Å²) in [7, 11) is 3.75. The van der Waals surface area contributed by atoms with Gasteiger partial charge in [0.2, 0.25) is 0 Å². The van der Waals surface area contributed by atoms with Gasteiger partial charge < -0.3 is 25.2 Å². The number of carbonyl (C=O) groups is 2. The Hall–Kier alpha value is -6.36. The standard InChI is InChI=1S/C22H21F3N4O2.C20H19F3N4O/c1-14-17(21(30)27-13-15-3-2-4-16(11-15)22(23,24)25)12-18-19(5-6-26-20(18)28-14)29-7-9-31-10-8-29;1-12-15(10-16-17(27(2)3)7-8-24-18(16)26-12)19(28)25-11-13-5-4-6-14(9-13)20(21,22)23/h2-6,11-12H,7-10,13H2,1H3,(H,27,30);4-10H,11H2,1-3H3,(H,25,28). The molecule has 6 aromatic rings. The fraction of sp³-hybridized carbons (Fsp3) is 0.286. The van der Waals surface area contributed by atoms with E-state index in [1.54, 1.807) is 44.4 Å². The third kappa shape index (κ3) is 10.2. The highest BCUT2D eigenvalue weighted by Gasteiger charge is 2.31. The Labute approximate surface area is 335 Å². The van der Waals surface area contributed by atoms with Gasteiger partial charge in [-0.3, -0.25) is 9.59 Å². The van der Waals surface area contributed by atoms with Crippen molar-refractivity contribution in [2.24, 2.45) is 0 Å². The maximum Gasteiger partial charge on any atom is 0.416 e. The van der Waals surface area contributed by atoms with Crippen LogP contribution in [0.3, 0.4) is 0 Å². The highest BCUT2D eigenvalue weighted by molar-refractivity contribution is 6.01. The van der Waals surface area contributed by atoms with Gasteiger partial charge in [-0.25, -0.2) is 19.9 Å². The molecule has 2 amide bonds. The Bertz CT molecular complexity index is 2490. The number of aromatic nitrogens is 4. The molecule has 5 heterocycles. The number of anilines is 2. The lowest BCUT2D eigenvalue weighted by atomic mass is 10.1. The van der Waals surface area contributed by atoms with E-state index in [0.29, 0.717) is 58.1 Å². The number of nitrogens with one attached hydrogen (secondary N) is 2. The third-order valence-corrected chi connectivity index (χ3v) is 9.53. The predicted molar refractivity (Wildman–Crippen MR) is 211 cm³/mol. The topological polar surface area (TPSA) is 125 Å². The van der Waals surface area contributed by atoms with Crippen LogP contribution in [0.4, 0.5) is 37.7 Å². The van der Waals surface area contributed by atoms with Crippen LogP contribution in [0.1, 0.15) is 54.4 Å². The molecule has 59 heavy (non-hydrogen) atoms. The van der Waals surface area contributed by atoms with Crippen LogP contribution in [0.25, 0.3) is 22.1 Å². The Morgan fingerprint density at radius 3 is 1.66 bits per heavy atom. The number of rotatable bonds is 8. The number of carbonyl (C=O) groups excluding carboxylic acids is 2. The number of aryl methyl sites for hydroxylation is 2. The van der Waals surface area contributed by atoms with Crippen molar-refractivity contribution in [2.45, 2.75) is 39.3 Å². The van der Waals surface area contributed by atoms with Gasteiger partial charge in [0.25, 0.3) is 11.8 Å². The summed E-state index contributed by atoms with van der Waals surface area (Å²) in [5.41, 5.74) is 3.81. The summed E-state index contributed by atoms with van der Waals surface area (Å²) in [4.78, 5) is 46.9. The van der Waals surface area contributed by atoms with Crippen LogP contribution in [0.5, 0.6) is 0 Å². The SMILES string of the molecule is Cc1nc2nccc(N(C)C)c2cc1C(=O)NCc1cccc(C(F)(F)F)c1.Cc1nc2nccc(N3CCOCC3)c2cc1C(=O)NCc1cccc(C(F)(F)F)c1. The van der Waals surface area contributed by atoms with Crippen molar-refractivity contribution in [3.63, 3.8) is 0 Å². The first-order valence-corrected chi connectivity index (χ1v) is 18.4. The number of nitrogens with zero attached hydrogens (tertiary/aromatic N) is 6. The number of amides is 2. The summed E-state index contributed by atoms with van der Waals surface area (Å²) < 4.78 is 82.6. The summed E-state index contributed by atoms with van der Waals surface area (Å²) >= 11 is 0. The van der Waals surface area contributed by atoms with E-state index < -0.39 is 35.3 Å². The lowest BCUT2D eigenvalue weighted by molar-refractivity contribution is -0.138. The number of ether oxygens (including phenoxy) is 1. The first kappa shape index (κ1) is 42.3. The van der Waals surface area contributed by atoms with Crippen LogP contribution in [0.2, 0.25) is 0 Å². The number of halogens is 6. The molecule has 7 rings (SSSR count). The van der Waals surface area contributed by atoms with Crippen LogP contribution in [0.15, 0.2) is 85.2 Å². The van der Waals surface area contributed by atoms with Crippen molar-refractivity contribution in [1.82, 2.24) is 30.6 Å². The summed E-state index contributed by atoms with van der Waals surface area (Å²) in [5.74, 6) is -0.807. The zero-order valence-corrected chi connectivity index (χ0v) is 32.5.